The van der Waals surface area contributed by atoms with Gasteiger partial charge in [-0.1, -0.05) is 12.1 Å². The van der Waals surface area contributed by atoms with E-state index >= 15 is 0 Å². The molecular formula is C101H98FN5O30S9. The first-order chi connectivity index (χ1) is 69.2. The summed E-state index contributed by atoms with van der Waals surface area (Å²) in [5, 5.41) is 0. The Balaban J connectivity index is 0.000000120. The summed E-state index contributed by atoms with van der Waals surface area (Å²) in [6.45, 7) is 13.2. The van der Waals surface area contributed by atoms with E-state index in [0.717, 1.165) is 41.5 Å². The minimum Gasteiger partial charge on any atom is -0.497 e. The number of benzene rings is 12. The number of ether oxygens (including phenoxy) is 11. The van der Waals surface area contributed by atoms with Gasteiger partial charge in [-0.15, -0.1) is 0 Å². The molecule has 0 radical (unpaired) electrons. The number of halogens is 1. The first-order valence-corrected chi connectivity index (χ1v) is 59.8. The van der Waals surface area contributed by atoms with Crippen LogP contribution in [0.1, 0.15) is 68.0 Å². The van der Waals surface area contributed by atoms with E-state index in [1.54, 1.807) is 123 Å². The predicted molar refractivity (Wildman–Crippen MR) is 533 cm³/mol. The summed E-state index contributed by atoms with van der Waals surface area (Å²) in [4.78, 5) is 14.8. The molecule has 4 unspecified atom stereocenters. The SMILES string of the molecule is CC(=O)N1c2ccc(S(=O)(=O)c3ccc4c(c3)OCCO4)cc2CC1C.CC1Cc2cc(S(=O)(=O)c3ccc4c(c3)OCCO4)ccc2N1S(=O)(=O)c1ccc(F)cc1.CC1Cc2cc(S(=O)(=O)c3ccc4c(c3)OCCO4)ccc2N1S(C)(=O)=O.COc1cccc(S(=O)(=O)N2c3ccc(S(=O)(=O)c4ccc5c(c4)OCCO5)cc3CC2C)c1.CS(=O)(=O)N1Cc2ccc(S(=O)(=O)c3ccc4c(c3)OCCO4)cc2C1. The van der Waals surface area contributed by atoms with Crippen LogP contribution in [-0.2, 0) is 133 Å². The van der Waals surface area contributed by atoms with Gasteiger partial charge < -0.3 is 57.0 Å². The van der Waals surface area contributed by atoms with Crippen molar-refractivity contribution in [1.82, 2.24) is 4.31 Å². The zero-order valence-electron chi connectivity index (χ0n) is 79.6. The number of rotatable bonds is 17. The molecule has 0 fully saturated rings. The molecule has 35 nitrogen and oxygen atoms in total. The summed E-state index contributed by atoms with van der Waals surface area (Å²) in [6.07, 6.45) is 4.14. The summed E-state index contributed by atoms with van der Waals surface area (Å²) in [7, 11) is -32.0. The van der Waals surface area contributed by atoms with Crippen LogP contribution in [0.25, 0.3) is 0 Å². The Morgan fingerprint density at radius 1 is 0.281 bits per heavy atom. The number of carbonyl (C=O) groups is 1. The number of carbonyl (C=O) groups excluding carboxylic acids is 1. The summed E-state index contributed by atoms with van der Waals surface area (Å²) in [5.41, 5.74) is 6.54. The van der Waals surface area contributed by atoms with Gasteiger partial charge in [-0.05, 0) is 269 Å². The van der Waals surface area contributed by atoms with Crippen molar-refractivity contribution in [2.75, 3.05) is 104 Å². The highest BCUT2D eigenvalue weighted by molar-refractivity contribution is 7.94. The highest BCUT2D eigenvalue weighted by Crippen LogP contribution is 2.47. The number of fused-ring (bicyclic) bond motifs is 10. The van der Waals surface area contributed by atoms with Crippen molar-refractivity contribution < 1.29 is 137 Å². The van der Waals surface area contributed by atoms with Crippen LogP contribution >= 0.6 is 0 Å². The fraction of sp³-hybridized carbons (Fsp3) is 0.277. The first kappa shape index (κ1) is 103. The Labute approximate surface area is 845 Å². The average Bonchev–Trinajstić information content (AvgIpc) is 1.58. The fourth-order valence-electron chi connectivity index (χ4n) is 18.7. The van der Waals surface area contributed by atoms with Gasteiger partial charge in [0.25, 0.3) is 20.0 Å². The van der Waals surface area contributed by atoms with Gasteiger partial charge in [-0.25, -0.2) is 80.2 Å². The third-order valence-electron chi connectivity index (χ3n) is 25.6. The molecule has 0 saturated carbocycles. The van der Waals surface area contributed by atoms with E-state index in [0.29, 0.717) is 194 Å². The van der Waals surface area contributed by atoms with E-state index in [-0.39, 0.29) is 95.9 Å². The maximum Gasteiger partial charge on any atom is 0.264 e. The third kappa shape index (κ3) is 20.2. The standard InChI is InChI=1S/C24H23NO7S2.C23H20FNO6S2.C19H19NO5S.C18H19NO6S2.C17H17NO6S2/c1-16-12-17-13-19(33(26,27)20-7-9-23-24(15-20)32-11-10-31-23)6-8-22(17)25(16)34(28,29)21-5-3-4-18(14-21)30-2;1-15-12-16-13-19(32(26,27)20-7-9-22-23(14-20)31-11-10-30-22)6-8-21(16)25(15)33(28,29)18-4-2-17(24)3-5-18;1-12-9-14-10-15(3-5-17(14)20(12)13(2)21)26(22,23)16-4-6-18-19(11-16)25-8-7-24-18;1-12-9-13-10-14(3-5-16(13)19(12)26(2,20)21)27(22,23)15-4-6-17-18(11-15)25-8-7-24-17;1-25(19,20)18-10-12-2-3-14(8-13(12)11-18)26(21,22)15-4-5-16-17(9-15)24-7-6-23-16/h3-9,13-16H,10-12H2,1-2H3;2-9,13-15H,10-12H2,1H3;3-6,10-12H,7-9H2,1-2H3;3-6,10-12H,7-9H2,1-2H3;2-5,8-9H,6-7,10-11H2,1H3. The van der Waals surface area contributed by atoms with E-state index in [4.69, 9.17) is 52.1 Å². The molecule has 1 amide bonds. The predicted octanol–water partition coefficient (Wildman–Crippen LogP) is 13.2. The lowest BCUT2D eigenvalue weighted by Crippen LogP contribution is -2.35. The van der Waals surface area contributed by atoms with E-state index in [1.807, 2.05) is 6.92 Å². The van der Waals surface area contributed by atoms with Gasteiger partial charge in [0.15, 0.2) is 57.5 Å². The van der Waals surface area contributed by atoms with Crippen LogP contribution in [0.15, 0.2) is 289 Å². The van der Waals surface area contributed by atoms with Gasteiger partial charge in [0, 0.05) is 86.3 Å². The second-order valence-electron chi connectivity index (χ2n) is 35.6. The number of hydrogen-bond acceptors (Lipinski definition) is 30. The van der Waals surface area contributed by atoms with E-state index in [2.05, 4.69) is 0 Å². The fourth-order valence-corrected chi connectivity index (χ4v) is 30.8. The van der Waals surface area contributed by atoms with Crippen molar-refractivity contribution in [3.63, 3.8) is 0 Å². The van der Waals surface area contributed by atoms with Crippen molar-refractivity contribution in [2.24, 2.45) is 0 Å². The van der Waals surface area contributed by atoms with Crippen LogP contribution in [0.4, 0.5) is 27.1 Å². The number of anilines is 4. The lowest BCUT2D eigenvalue weighted by Gasteiger charge is -2.24. The van der Waals surface area contributed by atoms with Crippen LogP contribution in [-0.4, -0.2) is 196 Å². The Bertz CT molecular complexity index is 8400. The third-order valence-corrected chi connectivity index (χ3v) is 40.6. The number of nitrogens with zero attached hydrogens (tertiary/aromatic N) is 5. The molecule has 4 atom stereocenters. The van der Waals surface area contributed by atoms with E-state index < -0.39 is 101 Å². The average molecular weight is 2170 g/mol. The molecule has 0 saturated heterocycles. The molecule has 22 rings (SSSR count). The Morgan fingerprint density at radius 3 is 0.877 bits per heavy atom. The Hall–Kier alpha value is -13.3. The Kier molecular flexibility index (Phi) is 28.0. The molecule has 768 valence electrons. The molecule has 10 aliphatic heterocycles. The van der Waals surface area contributed by atoms with Gasteiger partial charge in [-0.2, -0.15) is 4.31 Å². The molecule has 0 spiro atoms. The van der Waals surface area contributed by atoms with Crippen LogP contribution in [0.2, 0.25) is 0 Å². The largest absolute Gasteiger partial charge is 0.497 e. The van der Waals surface area contributed by atoms with Crippen molar-refractivity contribution in [3.8, 4) is 63.2 Å². The molecule has 146 heavy (non-hydrogen) atoms. The monoisotopic (exact) mass is 2170 g/mol. The lowest BCUT2D eigenvalue weighted by atomic mass is 10.1. The van der Waals surface area contributed by atoms with E-state index in [9.17, 15) is 84.9 Å². The number of amides is 1. The topological polar surface area (TPSA) is 442 Å². The van der Waals surface area contributed by atoms with Crippen LogP contribution in [0, 0.1) is 5.82 Å². The second kappa shape index (κ2) is 39.8. The van der Waals surface area contributed by atoms with Gasteiger partial charge in [0.2, 0.25) is 75.1 Å². The van der Waals surface area contributed by atoms with Crippen molar-refractivity contribution in [1.29, 1.82) is 0 Å². The van der Waals surface area contributed by atoms with Crippen LogP contribution in [0.5, 0.6) is 63.2 Å². The number of methoxy groups -OCH3 is 1. The molecule has 12 aromatic rings. The van der Waals surface area contributed by atoms with Crippen molar-refractivity contribution in [3.05, 3.63) is 270 Å². The van der Waals surface area contributed by atoms with Crippen LogP contribution < -0.4 is 69.9 Å². The highest BCUT2D eigenvalue weighted by Gasteiger charge is 2.42. The first-order valence-electron chi connectivity index (χ1n) is 45.8. The molecule has 0 aliphatic carbocycles. The number of sulfonamides is 4. The summed E-state index contributed by atoms with van der Waals surface area (Å²) in [6, 6.07) is 55.8. The molecule has 0 N–H and O–H groups in total. The summed E-state index contributed by atoms with van der Waals surface area (Å²) >= 11 is 0. The van der Waals surface area contributed by atoms with Crippen molar-refractivity contribution >= 4 is 118 Å². The normalized spacial score (nSPS) is 17.9. The molecule has 0 bridgehead atoms. The molecule has 10 aliphatic rings. The smallest absolute Gasteiger partial charge is 0.264 e. The minimum atomic E-state index is -3.94. The van der Waals surface area contributed by atoms with Crippen LogP contribution in [0.3, 0.4) is 0 Å². The lowest BCUT2D eigenvalue weighted by molar-refractivity contribution is -0.116. The quantitative estimate of drug-likeness (QED) is 0.0817. The minimum absolute atomic E-state index is 0.0229. The molecular weight excluding hydrogens is 2070 g/mol. The van der Waals surface area contributed by atoms with Crippen molar-refractivity contribution in [2.45, 2.75) is 156 Å². The molecule has 0 aromatic heterocycles. The number of hydrogen-bond donors (Lipinski definition) is 0. The molecule has 45 heteroatoms. The van der Waals surface area contributed by atoms with Gasteiger partial charge in [0.1, 0.15) is 77.6 Å². The zero-order chi connectivity index (χ0) is 104. The van der Waals surface area contributed by atoms with E-state index in [1.165, 1.54) is 153 Å². The van der Waals surface area contributed by atoms with Gasteiger partial charge in [0.05, 0.1) is 95.4 Å². The molecule has 12 aromatic carbocycles. The van der Waals surface area contributed by atoms with Gasteiger partial charge >= 0.3 is 0 Å². The maximum atomic E-state index is 13.4. The highest BCUT2D eigenvalue weighted by atomic mass is 32.2. The molecule has 10 heterocycles. The van der Waals surface area contributed by atoms with Gasteiger partial charge in [-0.3, -0.25) is 17.7 Å². The zero-order valence-corrected chi connectivity index (χ0v) is 86.9. The maximum absolute atomic E-state index is 13.4. The number of sulfone groups is 5. The summed E-state index contributed by atoms with van der Waals surface area (Å²) < 4.78 is 311. The second-order valence-corrected chi connectivity index (χ2v) is 52.8. The summed E-state index contributed by atoms with van der Waals surface area (Å²) in [5.74, 6) is 4.46. The Morgan fingerprint density at radius 2 is 0.548 bits per heavy atom.